The number of anilines is 1. The van der Waals surface area contributed by atoms with Gasteiger partial charge in [0.25, 0.3) is 11.6 Å². The van der Waals surface area contributed by atoms with Crippen LogP contribution >= 0.6 is 0 Å². The van der Waals surface area contributed by atoms with Gasteiger partial charge in [0.1, 0.15) is 0 Å². The standard InChI is InChI=1S/C12H11N9O4/c13-10-11(18-25-17-10)20-6-8(15-19-20)12(22)16-14-5-7-3-1-2-4-9(7)21(23)24/h1-4,6,14H,5H2,(H2,13,17)(H,16,22). The molecule has 0 fully saturated rings. The lowest BCUT2D eigenvalue weighted by atomic mass is 10.2. The number of nitrogens with two attached hydrogens (primary N) is 1. The third-order valence-electron chi connectivity index (χ3n) is 3.11. The van der Waals surface area contributed by atoms with E-state index in [9.17, 15) is 14.9 Å². The molecule has 4 N–H and O–H groups in total. The first-order chi connectivity index (χ1) is 12.1. The molecule has 0 bridgehead atoms. The van der Waals surface area contributed by atoms with E-state index in [2.05, 4.69) is 36.1 Å². The molecular formula is C12H11N9O4. The Morgan fingerprint density at radius 1 is 1.36 bits per heavy atom. The highest BCUT2D eigenvalue weighted by atomic mass is 16.6. The Kier molecular flexibility index (Phi) is 4.30. The monoisotopic (exact) mass is 345 g/mol. The Morgan fingerprint density at radius 2 is 2.16 bits per heavy atom. The molecule has 3 rings (SSSR count). The number of nitro benzene ring substituents is 1. The molecule has 1 aromatic carbocycles. The van der Waals surface area contributed by atoms with Gasteiger partial charge in [-0.05, 0) is 10.3 Å². The average molecular weight is 345 g/mol. The van der Waals surface area contributed by atoms with Gasteiger partial charge in [0.2, 0.25) is 11.6 Å². The van der Waals surface area contributed by atoms with Crippen molar-refractivity contribution in [3.05, 3.63) is 51.8 Å². The van der Waals surface area contributed by atoms with E-state index in [1.165, 1.54) is 12.3 Å². The van der Waals surface area contributed by atoms with Crippen molar-refractivity contribution in [3.8, 4) is 5.82 Å². The molecule has 0 radical (unpaired) electrons. The largest absolute Gasteiger partial charge is 0.378 e. The van der Waals surface area contributed by atoms with Crippen LogP contribution in [-0.2, 0) is 6.54 Å². The van der Waals surface area contributed by atoms with Crippen LogP contribution in [0.1, 0.15) is 16.1 Å². The molecule has 0 spiro atoms. The maximum Gasteiger partial charge on any atom is 0.287 e. The van der Waals surface area contributed by atoms with Crippen molar-refractivity contribution < 1.29 is 14.3 Å². The molecule has 0 unspecified atom stereocenters. The fourth-order valence-electron chi connectivity index (χ4n) is 1.94. The lowest BCUT2D eigenvalue weighted by Crippen LogP contribution is -2.37. The van der Waals surface area contributed by atoms with Gasteiger partial charge in [0, 0.05) is 18.2 Å². The Balaban J connectivity index is 1.62. The van der Waals surface area contributed by atoms with Crippen LogP contribution in [0.4, 0.5) is 11.5 Å². The Morgan fingerprint density at radius 3 is 2.88 bits per heavy atom. The summed E-state index contributed by atoms with van der Waals surface area (Å²) in [5.74, 6) is -0.509. The molecule has 25 heavy (non-hydrogen) atoms. The summed E-state index contributed by atoms with van der Waals surface area (Å²) in [5.41, 5.74) is 10.8. The van der Waals surface area contributed by atoms with Crippen molar-refractivity contribution in [1.29, 1.82) is 0 Å². The van der Waals surface area contributed by atoms with Gasteiger partial charge < -0.3 is 5.73 Å². The molecule has 2 heterocycles. The van der Waals surface area contributed by atoms with Crippen LogP contribution < -0.4 is 16.6 Å². The number of hydrazine groups is 1. The predicted octanol–water partition coefficient (Wildman–Crippen LogP) is -0.425. The minimum atomic E-state index is -0.597. The summed E-state index contributed by atoms with van der Waals surface area (Å²) in [7, 11) is 0. The Labute approximate surface area is 138 Å². The summed E-state index contributed by atoms with van der Waals surface area (Å²) in [5, 5.41) is 25.2. The quantitative estimate of drug-likeness (QED) is 0.392. The lowest BCUT2D eigenvalue weighted by molar-refractivity contribution is -0.385. The fourth-order valence-corrected chi connectivity index (χ4v) is 1.94. The first-order valence-electron chi connectivity index (χ1n) is 6.82. The molecule has 13 nitrogen and oxygen atoms in total. The number of nitrogens with one attached hydrogen (secondary N) is 2. The van der Waals surface area contributed by atoms with Crippen molar-refractivity contribution >= 4 is 17.4 Å². The van der Waals surface area contributed by atoms with Crippen LogP contribution in [0.25, 0.3) is 5.82 Å². The zero-order chi connectivity index (χ0) is 17.8. The number of hydrogen-bond donors (Lipinski definition) is 3. The number of nitrogen functional groups attached to an aromatic ring is 1. The smallest absolute Gasteiger partial charge is 0.287 e. The number of carbonyl (C=O) groups excluding carboxylic acids is 1. The maximum atomic E-state index is 12.0. The number of aromatic nitrogens is 5. The number of carbonyl (C=O) groups is 1. The summed E-state index contributed by atoms with van der Waals surface area (Å²) in [6.45, 7) is 0.0528. The first-order valence-corrected chi connectivity index (χ1v) is 6.82. The SMILES string of the molecule is Nc1nonc1-n1cc(C(=O)NNCc2ccccc2[N+](=O)[O-])nn1. The highest BCUT2D eigenvalue weighted by Crippen LogP contribution is 2.16. The van der Waals surface area contributed by atoms with Crippen molar-refractivity contribution in [1.82, 2.24) is 36.2 Å². The van der Waals surface area contributed by atoms with Gasteiger partial charge in [-0.15, -0.1) is 5.10 Å². The van der Waals surface area contributed by atoms with Crippen LogP contribution in [0.2, 0.25) is 0 Å². The number of rotatable bonds is 6. The third-order valence-corrected chi connectivity index (χ3v) is 3.11. The van der Waals surface area contributed by atoms with Gasteiger partial charge in [0.15, 0.2) is 5.69 Å². The molecule has 0 saturated carbocycles. The second-order valence-corrected chi connectivity index (χ2v) is 4.71. The van der Waals surface area contributed by atoms with E-state index in [0.717, 1.165) is 4.68 Å². The van der Waals surface area contributed by atoms with E-state index >= 15 is 0 Å². The highest BCUT2D eigenvalue weighted by Gasteiger charge is 2.16. The fraction of sp³-hybridized carbons (Fsp3) is 0.0833. The van der Waals surface area contributed by atoms with E-state index in [0.29, 0.717) is 5.56 Å². The van der Waals surface area contributed by atoms with Crippen LogP contribution in [0, 0.1) is 10.1 Å². The zero-order valence-electron chi connectivity index (χ0n) is 12.5. The predicted molar refractivity (Wildman–Crippen MR) is 81.0 cm³/mol. The molecule has 1 amide bonds. The van der Waals surface area contributed by atoms with Crippen molar-refractivity contribution in [2.24, 2.45) is 0 Å². The molecule has 0 aliphatic heterocycles. The molecule has 0 aliphatic rings. The van der Waals surface area contributed by atoms with Gasteiger partial charge in [0.05, 0.1) is 11.1 Å². The van der Waals surface area contributed by atoms with Crippen LogP contribution in [-0.4, -0.2) is 36.1 Å². The van der Waals surface area contributed by atoms with Crippen molar-refractivity contribution in [2.75, 3.05) is 5.73 Å². The minimum absolute atomic E-state index is 0.00799. The van der Waals surface area contributed by atoms with E-state index in [4.69, 9.17) is 5.73 Å². The second-order valence-electron chi connectivity index (χ2n) is 4.71. The number of para-hydroxylation sites is 1. The lowest BCUT2D eigenvalue weighted by Gasteiger charge is -2.06. The number of nitrogens with zero attached hydrogens (tertiary/aromatic N) is 6. The highest BCUT2D eigenvalue weighted by molar-refractivity contribution is 5.91. The molecule has 0 atom stereocenters. The van der Waals surface area contributed by atoms with Gasteiger partial charge >= 0.3 is 0 Å². The van der Waals surface area contributed by atoms with E-state index in [1.807, 2.05) is 0 Å². The van der Waals surface area contributed by atoms with Crippen LogP contribution in [0.15, 0.2) is 35.1 Å². The van der Waals surface area contributed by atoms with Crippen LogP contribution in [0.5, 0.6) is 0 Å². The summed E-state index contributed by atoms with van der Waals surface area (Å²) >= 11 is 0. The average Bonchev–Trinajstić information content (AvgIpc) is 3.23. The van der Waals surface area contributed by atoms with E-state index in [1.54, 1.807) is 18.2 Å². The van der Waals surface area contributed by atoms with Gasteiger partial charge in [-0.3, -0.25) is 20.3 Å². The second kappa shape index (κ2) is 6.71. The van der Waals surface area contributed by atoms with E-state index in [-0.39, 0.29) is 29.6 Å². The molecule has 3 aromatic rings. The Hall–Kier alpha value is -3.87. The molecule has 2 aromatic heterocycles. The molecule has 128 valence electrons. The normalized spacial score (nSPS) is 10.6. The first kappa shape index (κ1) is 16.0. The summed E-state index contributed by atoms with van der Waals surface area (Å²) in [6.07, 6.45) is 1.28. The van der Waals surface area contributed by atoms with Crippen molar-refractivity contribution in [2.45, 2.75) is 6.54 Å². The summed E-state index contributed by atoms with van der Waals surface area (Å²) in [4.78, 5) is 22.4. The summed E-state index contributed by atoms with van der Waals surface area (Å²) in [6, 6.07) is 6.17. The maximum absolute atomic E-state index is 12.0. The molecule has 0 saturated heterocycles. The third kappa shape index (κ3) is 3.40. The van der Waals surface area contributed by atoms with E-state index < -0.39 is 10.8 Å². The Bertz CT molecular complexity index is 919. The minimum Gasteiger partial charge on any atom is -0.378 e. The number of amides is 1. The van der Waals surface area contributed by atoms with Crippen LogP contribution in [0.3, 0.4) is 0 Å². The topological polar surface area (TPSA) is 180 Å². The van der Waals surface area contributed by atoms with Gasteiger partial charge in [-0.1, -0.05) is 23.4 Å². The van der Waals surface area contributed by atoms with Gasteiger partial charge in [-0.2, -0.15) is 4.68 Å². The number of benzene rings is 1. The zero-order valence-corrected chi connectivity index (χ0v) is 12.5. The molecular weight excluding hydrogens is 334 g/mol. The summed E-state index contributed by atoms with van der Waals surface area (Å²) < 4.78 is 5.56. The van der Waals surface area contributed by atoms with Gasteiger partial charge in [-0.25, -0.2) is 10.1 Å². The van der Waals surface area contributed by atoms with Crippen molar-refractivity contribution in [3.63, 3.8) is 0 Å². The molecule has 13 heteroatoms. The molecule has 0 aliphatic carbocycles. The number of nitro groups is 1. The number of hydrogen-bond acceptors (Lipinski definition) is 10.